The maximum atomic E-state index is 12.7. The minimum Gasteiger partial charge on any atom is -0.380 e. The first-order valence-electron chi connectivity index (χ1n) is 7.68. The van der Waals surface area contributed by atoms with Crippen molar-refractivity contribution in [3.63, 3.8) is 0 Å². The van der Waals surface area contributed by atoms with Crippen LogP contribution < -0.4 is 20.6 Å². The van der Waals surface area contributed by atoms with Crippen molar-refractivity contribution in [2.75, 3.05) is 24.6 Å². The maximum absolute atomic E-state index is 12.7. The molecule has 1 fully saturated rings. The molecule has 1 aromatic heterocycles. The van der Waals surface area contributed by atoms with Gasteiger partial charge in [0.1, 0.15) is 0 Å². The summed E-state index contributed by atoms with van der Waals surface area (Å²) in [5.74, 6) is -0.00209. The first-order chi connectivity index (χ1) is 11.3. The van der Waals surface area contributed by atoms with Gasteiger partial charge in [-0.15, -0.1) is 0 Å². The summed E-state index contributed by atoms with van der Waals surface area (Å²) in [5.41, 5.74) is 0.267. The maximum Gasteiger partial charge on any atom is 0.286 e. The van der Waals surface area contributed by atoms with E-state index >= 15 is 0 Å². The average molecular weight is 351 g/mol. The van der Waals surface area contributed by atoms with Gasteiger partial charge in [0.2, 0.25) is 10.0 Å². The molecule has 0 aliphatic carbocycles. The Morgan fingerprint density at radius 1 is 1.29 bits per heavy atom. The van der Waals surface area contributed by atoms with Crippen molar-refractivity contribution in [1.82, 2.24) is 9.58 Å². The van der Waals surface area contributed by atoms with Gasteiger partial charge in [-0.2, -0.15) is 0 Å². The summed E-state index contributed by atoms with van der Waals surface area (Å²) in [6.45, 7) is 5.07. The molecular formula is C15H21N5O3S. The van der Waals surface area contributed by atoms with Crippen LogP contribution in [0.3, 0.4) is 0 Å². The molecule has 8 nitrogen and oxygen atoms in total. The van der Waals surface area contributed by atoms with Crippen LogP contribution in [-0.2, 0) is 15.8 Å². The first kappa shape index (κ1) is 16.7. The molecule has 9 heteroatoms. The smallest absolute Gasteiger partial charge is 0.286 e. The largest absolute Gasteiger partial charge is 0.380 e. The molecule has 1 N–H and O–H groups in total. The Morgan fingerprint density at radius 2 is 2.00 bits per heavy atom. The number of aromatic nitrogens is 2. The van der Waals surface area contributed by atoms with Crippen LogP contribution in [0.15, 0.2) is 41.1 Å². The highest BCUT2D eigenvalue weighted by Crippen LogP contribution is 2.21. The second kappa shape index (κ2) is 6.06. The summed E-state index contributed by atoms with van der Waals surface area (Å²) >= 11 is 0. The quantitative estimate of drug-likeness (QED) is 0.754. The number of sulfonamides is 1. The van der Waals surface area contributed by atoms with Crippen molar-refractivity contribution in [2.24, 2.45) is 0 Å². The SMILES string of the molecule is CC1(C)CN(S(=O)(=O)Cc2ccccc2)CCN1[n+]1cc(=N)o[n-]1. The molecule has 3 rings (SSSR count). The fraction of sp³-hybridized carbons (Fsp3) is 0.467. The number of hydrogen-bond acceptors (Lipinski definition) is 5. The van der Waals surface area contributed by atoms with E-state index in [9.17, 15) is 8.42 Å². The third-order valence-corrected chi connectivity index (χ3v) is 5.91. The van der Waals surface area contributed by atoms with Gasteiger partial charge in [-0.25, -0.2) is 12.7 Å². The molecule has 0 atom stereocenters. The van der Waals surface area contributed by atoms with E-state index in [0.717, 1.165) is 5.56 Å². The molecule has 0 radical (unpaired) electrons. The van der Waals surface area contributed by atoms with E-state index in [4.69, 9.17) is 9.93 Å². The lowest BCUT2D eigenvalue weighted by Crippen LogP contribution is -2.75. The zero-order valence-electron chi connectivity index (χ0n) is 13.7. The molecule has 0 unspecified atom stereocenters. The van der Waals surface area contributed by atoms with Gasteiger partial charge in [0.05, 0.1) is 5.75 Å². The van der Waals surface area contributed by atoms with Crippen molar-refractivity contribution >= 4 is 10.0 Å². The predicted octanol–water partition coefficient (Wildman–Crippen LogP) is -0.434. The monoisotopic (exact) mass is 351 g/mol. The standard InChI is InChI=1S/C15H21N5O3S/c1-15(2)12-18(8-9-19(15)20-10-14(16)23-17-20)24(21,22)11-13-6-4-3-5-7-13/h3-7,10,16H,8-9,11-12H2,1-2H3. The molecular weight excluding hydrogens is 330 g/mol. The van der Waals surface area contributed by atoms with Crippen LogP contribution in [0.5, 0.6) is 0 Å². The lowest BCUT2D eigenvalue weighted by atomic mass is 10.0. The molecule has 24 heavy (non-hydrogen) atoms. The van der Waals surface area contributed by atoms with Gasteiger partial charge in [0.25, 0.3) is 11.8 Å². The molecule has 0 bridgehead atoms. The molecule has 2 heterocycles. The molecule has 0 amide bonds. The van der Waals surface area contributed by atoms with E-state index < -0.39 is 15.6 Å². The topological polar surface area (TPSA) is 95.6 Å². The molecule has 1 saturated heterocycles. The third kappa shape index (κ3) is 3.36. The van der Waals surface area contributed by atoms with Crippen LogP contribution >= 0.6 is 0 Å². The van der Waals surface area contributed by atoms with E-state index in [1.165, 1.54) is 15.3 Å². The van der Waals surface area contributed by atoms with Gasteiger partial charge in [-0.1, -0.05) is 49.0 Å². The summed E-state index contributed by atoms with van der Waals surface area (Å²) in [5, 5.41) is 13.2. The molecule has 0 spiro atoms. The first-order valence-corrected chi connectivity index (χ1v) is 9.29. The van der Waals surface area contributed by atoms with Crippen molar-refractivity contribution in [2.45, 2.75) is 25.1 Å². The van der Waals surface area contributed by atoms with E-state index in [-0.39, 0.29) is 11.3 Å². The van der Waals surface area contributed by atoms with Crippen LogP contribution in [-0.4, -0.2) is 37.9 Å². The third-order valence-electron chi connectivity index (χ3n) is 4.11. The van der Waals surface area contributed by atoms with E-state index in [0.29, 0.717) is 19.6 Å². The highest BCUT2D eigenvalue weighted by atomic mass is 32.2. The fourth-order valence-electron chi connectivity index (χ4n) is 2.95. The van der Waals surface area contributed by atoms with Crippen molar-refractivity contribution in [3.05, 3.63) is 47.6 Å². The Labute approximate surface area is 140 Å². The zero-order valence-corrected chi connectivity index (χ0v) is 14.5. The number of piperazine rings is 1. The van der Waals surface area contributed by atoms with Gasteiger partial charge in [0, 0.05) is 25.2 Å². The summed E-state index contributed by atoms with van der Waals surface area (Å²) in [7, 11) is -3.39. The zero-order chi connectivity index (χ0) is 17.4. The molecule has 1 aliphatic heterocycles. The average Bonchev–Trinajstić information content (AvgIpc) is 2.93. The lowest BCUT2D eigenvalue weighted by molar-refractivity contribution is -0.771. The van der Waals surface area contributed by atoms with Gasteiger partial charge in [-0.3, -0.25) is 10.4 Å². The summed E-state index contributed by atoms with van der Waals surface area (Å²) in [6.07, 6.45) is 1.47. The van der Waals surface area contributed by atoms with E-state index in [1.807, 2.05) is 49.2 Å². The van der Waals surface area contributed by atoms with Crippen molar-refractivity contribution in [1.29, 1.82) is 5.41 Å². The number of nitrogens with one attached hydrogen (secondary N) is 1. The van der Waals surface area contributed by atoms with Crippen molar-refractivity contribution in [3.8, 4) is 0 Å². The molecule has 1 aromatic carbocycles. The van der Waals surface area contributed by atoms with Crippen LogP contribution in [0.2, 0.25) is 0 Å². The molecule has 2 aromatic rings. The van der Waals surface area contributed by atoms with Crippen molar-refractivity contribution < 1.29 is 17.7 Å². The fourth-order valence-corrected chi connectivity index (χ4v) is 4.61. The van der Waals surface area contributed by atoms with Gasteiger partial charge in [-0.05, 0) is 10.8 Å². The van der Waals surface area contributed by atoms with Crippen LogP contribution in [0.25, 0.3) is 0 Å². The second-order valence-electron chi connectivity index (χ2n) is 6.50. The molecule has 1 aliphatic rings. The van der Waals surface area contributed by atoms with E-state index in [2.05, 4.69) is 5.27 Å². The Bertz CT molecular complexity index is 856. The van der Waals surface area contributed by atoms with Crippen LogP contribution in [0.4, 0.5) is 0 Å². The number of hydrogen-bond donors (Lipinski definition) is 1. The Balaban J connectivity index is 1.77. The summed E-state index contributed by atoms with van der Waals surface area (Å²) < 4.78 is 31.8. The molecule has 0 saturated carbocycles. The lowest BCUT2D eigenvalue weighted by Gasteiger charge is -2.46. The van der Waals surface area contributed by atoms with Gasteiger partial charge in [0.15, 0.2) is 0 Å². The molecule has 130 valence electrons. The number of rotatable bonds is 4. The summed E-state index contributed by atoms with van der Waals surface area (Å²) in [6, 6.07) is 9.19. The Morgan fingerprint density at radius 3 is 2.58 bits per heavy atom. The van der Waals surface area contributed by atoms with Gasteiger partial charge < -0.3 is 4.52 Å². The highest BCUT2D eigenvalue weighted by molar-refractivity contribution is 7.88. The predicted molar refractivity (Wildman–Crippen MR) is 85.9 cm³/mol. The van der Waals surface area contributed by atoms with Gasteiger partial charge >= 0.3 is 0 Å². The van der Waals surface area contributed by atoms with Crippen LogP contribution in [0.1, 0.15) is 19.4 Å². The normalized spacial score (nSPS) is 18.7. The number of nitrogens with zero attached hydrogens (tertiary/aromatic N) is 4. The highest BCUT2D eigenvalue weighted by Gasteiger charge is 2.38. The Hall–Kier alpha value is -2.13. The number of benzene rings is 1. The minimum absolute atomic E-state index is 0.00209. The summed E-state index contributed by atoms with van der Waals surface area (Å²) in [4.78, 5) is 1.48. The van der Waals surface area contributed by atoms with E-state index in [1.54, 1.807) is 0 Å². The second-order valence-corrected chi connectivity index (χ2v) is 8.47. The van der Waals surface area contributed by atoms with Crippen LogP contribution in [0, 0.1) is 5.41 Å². The minimum atomic E-state index is -3.39. The Kier molecular flexibility index (Phi) is 4.22.